The van der Waals surface area contributed by atoms with Crippen molar-refractivity contribution in [2.24, 2.45) is 0 Å². The lowest BCUT2D eigenvalue weighted by atomic mass is 9.93. The Labute approximate surface area is 176 Å². The van der Waals surface area contributed by atoms with E-state index in [1.807, 2.05) is 0 Å². The minimum absolute atomic E-state index is 0.0482. The second-order valence-corrected chi connectivity index (χ2v) is 7.10. The van der Waals surface area contributed by atoms with Gasteiger partial charge in [0.05, 0.1) is 11.7 Å². The van der Waals surface area contributed by atoms with E-state index < -0.39 is 24.1 Å². The first-order valence-corrected chi connectivity index (χ1v) is 9.61. The van der Waals surface area contributed by atoms with Crippen molar-refractivity contribution in [1.29, 1.82) is 0 Å². The van der Waals surface area contributed by atoms with Crippen molar-refractivity contribution in [2.45, 2.75) is 44.2 Å². The van der Waals surface area contributed by atoms with Crippen LogP contribution in [-0.2, 0) is 0 Å². The first kappa shape index (κ1) is 22.3. The average molecular weight is 438 g/mol. The molecule has 10 heteroatoms. The predicted molar refractivity (Wildman–Crippen MR) is 105 cm³/mol. The molecule has 0 aromatic heterocycles. The monoisotopic (exact) mass is 438 g/mol. The molecule has 2 aromatic carbocycles. The van der Waals surface area contributed by atoms with E-state index in [9.17, 15) is 22.8 Å². The number of carbonyl (C=O) groups excluding carboxylic acids is 1. The van der Waals surface area contributed by atoms with Crippen LogP contribution in [0.1, 0.15) is 36.0 Å². The SMILES string of the molecule is O=C(Nc1cccc(OC(F)(F)F)c1)NC1CCC(Oc2ccc(C(=O)O)cc2)CC1. The molecule has 0 atom stereocenters. The van der Waals surface area contributed by atoms with E-state index in [0.717, 1.165) is 12.1 Å². The zero-order valence-electron chi connectivity index (χ0n) is 16.3. The van der Waals surface area contributed by atoms with E-state index in [1.165, 1.54) is 24.3 Å². The highest BCUT2D eigenvalue weighted by Gasteiger charge is 2.31. The number of rotatable bonds is 6. The normalized spacial score (nSPS) is 18.7. The molecule has 2 aromatic rings. The molecule has 0 saturated heterocycles. The number of urea groups is 1. The Hall–Kier alpha value is -3.43. The molecule has 31 heavy (non-hydrogen) atoms. The minimum Gasteiger partial charge on any atom is -0.490 e. The van der Waals surface area contributed by atoms with Crippen LogP contribution in [0.3, 0.4) is 0 Å². The molecule has 0 heterocycles. The van der Waals surface area contributed by atoms with Gasteiger partial charge in [-0.3, -0.25) is 0 Å². The van der Waals surface area contributed by atoms with Gasteiger partial charge in [0.2, 0.25) is 0 Å². The summed E-state index contributed by atoms with van der Waals surface area (Å²) in [7, 11) is 0. The maximum Gasteiger partial charge on any atom is 0.573 e. The third-order valence-corrected chi connectivity index (χ3v) is 4.74. The van der Waals surface area contributed by atoms with Crippen LogP contribution < -0.4 is 20.1 Å². The number of amides is 2. The Bertz CT molecular complexity index is 910. The highest BCUT2D eigenvalue weighted by atomic mass is 19.4. The number of hydrogen-bond acceptors (Lipinski definition) is 4. The lowest BCUT2D eigenvalue weighted by Gasteiger charge is -2.29. The fourth-order valence-electron chi connectivity index (χ4n) is 3.32. The quantitative estimate of drug-likeness (QED) is 0.602. The number of halogens is 3. The molecule has 3 N–H and O–H groups in total. The number of benzene rings is 2. The second kappa shape index (κ2) is 9.59. The predicted octanol–water partition coefficient (Wildman–Crippen LogP) is 4.80. The highest BCUT2D eigenvalue weighted by molar-refractivity contribution is 5.89. The largest absolute Gasteiger partial charge is 0.573 e. The van der Waals surface area contributed by atoms with Gasteiger partial charge >= 0.3 is 18.4 Å². The Morgan fingerprint density at radius 1 is 0.968 bits per heavy atom. The molecule has 0 radical (unpaired) electrons. The van der Waals surface area contributed by atoms with Gasteiger partial charge in [-0.15, -0.1) is 13.2 Å². The summed E-state index contributed by atoms with van der Waals surface area (Å²) in [6, 6.07) is 10.6. The van der Waals surface area contributed by atoms with Gasteiger partial charge in [0.1, 0.15) is 11.5 Å². The summed E-state index contributed by atoms with van der Waals surface area (Å²) in [6.07, 6.45) is -2.13. The molecule has 7 nitrogen and oxygen atoms in total. The Kier molecular flexibility index (Phi) is 6.88. The molecule has 1 fully saturated rings. The van der Waals surface area contributed by atoms with E-state index in [-0.39, 0.29) is 23.4 Å². The maximum absolute atomic E-state index is 12.3. The van der Waals surface area contributed by atoms with E-state index in [1.54, 1.807) is 12.1 Å². The molecular weight excluding hydrogens is 417 g/mol. The Morgan fingerprint density at radius 2 is 1.65 bits per heavy atom. The van der Waals surface area contributed by atoms with Crippen LogP contribution in [0.4, 0.5) is 23.7 Å². The number of ether oxygens (including phenoxy) is 2. The van der Waals surface area contributed by atoms with Crippen LogP contribution in [-0.4, -0.2) is 35.6 Å². The Balaban J connectivity index is 1.44. The zero-order valence-corrected chi connectivity index (χ0v) is 16.3. The van der Waals surface area contributed by atoms with Gasteiger partial charge in [-0.05, 0) is 62.1 Å². The van der Waals surface area contributed by atoms with Gasteiger partial charge < -0.3 is 25.2 Å². The maximum atomic E-state index is 12.3. The van der Waals surface area contributed by atoms with Crippen molar-refractivity contribution in [3.05, 3.63) is 54.1 Å². The molecule has 2 amide bonds. The zero-order chi connectivity index (χ0) is 22.4. The molecule has 1 saturated carbocycles. The van der Waals surface area contributed by atoms with Crippen molar-refractivity contribution in [3.63, 3.8) is 0 Å². The molecule has 0 unspecified atom stereocenters. The first-order valence-electron chi connectivity index (χ1n) is 9.61. The molecule has 1 aliphatic rings. The van der Waals surface area contributed by atoms with Gasteiger partial charge in [-0.2, -0.15) is 0 Å². The molecule has 166 valence electrons. The fourth-order valence-corrected chi connectivity index (χ4v) is 3.32. The average Bonchev–Trinajstić information content (AvgIpc) is 2.69. The molecular formula is C21H21F3N2O5. The highest BCUT2D eigenvalue weighted by Crippen LogP contribution is 2.26. The van der Waals surface area contributed by atoms with Gasteiger partial charge in [0.25, 0.3) is 0 Å². The third-order valence-electron chi connectivity index (χ3n) is 4.74. The minimum atomic E-state index is -4.81. The molecule has 0 bridgehead atoms. The van der Waals surface area contributed by atoms with Crippen molar-refractivity contribution in [3.8, 4) is 11.5 Å². The van der Waals surface area contributed by atoms with Gasteiger partial charge in [-0.1, -0.05) is 6.07 Å². The summed E-state index contributed by atoms with van der Waals surface area (Å²) in [5.41, 5.74) is 0.364. The van der Waals surface area contributed by atoms with E-state index in [2.05, 4.69) is 15.4 Å². The summed E-state index contributed by atoms with van der Waals surface area (Å²) < 4.78 is 46.6. The van der Waals surface area contributed by atoms with Crippen LogP contribution >= 0.6 is 0 Å². The van der Waals surface area contributed by atoms with E-state index in [0.29, 0.717) is 31.4 Å². The molecule has 0 aliphatic heterocycles. The van der Waals surface area contributed by atoms with Crippen molar-refractivity contribution in [1.82, 2.24) is 5.32 Å². The first-order chi connectivity index (χ1) is 14.7. The van der Waals surface area contributed by atoms with Gasteiger partial charge in [-0.25, -0.2) is 9.59 Å². The number of carboxylic acid groups (broad SMARTS) is 1. The van der Waals surface area contributed by atoms with Crippen LogP contribution in [0.25, 0.3) is 0 Å². The number of nitrogens with one attached hydrogen (secondary N) is 2. The van der Waals surface area contributed by atoms with Crippen LogP contribution in [0.2, 0.25) is 0 Å². The topological polar surface area (TPSA) is 96.9 Å². The van der Waals surface area contributed by atoms with E-state index >= 15 is 0 Å². The van der Waals surface area contributed by atoms with Crippen molar-refractivity contribution < 1.29 is 37.3 Å². The fraction of sp³-hybridized carbons (Fsp3) is 0.333. The Morgan fingerprint density at radius 3 is 2.26 bits per heavy atom. The van der Waals surface area contributed by atoms with Crippen LogP contribution in [0.5, 0.6) is 11.5 Å². The summed E-state index contributed by atoms with van der Waals surface area (Å²) in [5.74, 6) is -0.838. The molecule has 1 aliphatic carbocycles. The standard InChI is InChI=1S/C21H21F3N2O5/c22-21(23,24)31-18-3-1-2-15(12-18)26-20(29)25-14-6-10-17(11-7-14)30-16-8-4-13(5-9-16)19(27)28/h1-5,8-9,12,14,17H,6-7,10-11H2,(H,27,28)(H2,25,26,29). The number of aromatic carboxylic acids is 1. The lowest BCUT2D eigenvalue weighted by molar-refractivity contribution is -0.274. The third kappa shape index (κ3) is 7.09. The van der Waals surface area contributed by atoms with Crippen LogP contribution in [0.15, 0.2) is 48.5 Å². The van der Waals surface area contributed by atoms with Gasteiger partial charge in [0.15, 0.2) is 0 Å². The molecule has 0 spiro atoms. The number of anilines is 1. The van der Waals surface area contributed by atoms with Gasteiger partial charge in [0, 0.05) is 17.8 Å². The summed E-state index contributed by atoms with van der Waals surface area (Å²) >= 11 is 0. The van der Waals surface area contributed by atoms with Crippen LogP contribution in [0, 0.1) is 0 Å². The number of carboxylic acids is 1. The number of alkyl halides is 3. The smallest absolute Gasteiger partial charge is 0.490 e. The van der Waals surface area contributed by atoms with Crippen molar-refractivity contribution in [2.75, 3.05) is 5.32 Å². The number of carbonyl (C=O) groups is 2. The lowest BCUT2D eigenvalue weighted by Crippen LogP contribution is -2.41. The summed E-state index contributed by atoms with van der Waals surface area (Å²) in [4.78, 5) is 23.1. The molecule has 3 rings (SSSR count). The van der Waals surface area contributed by atoms with E-state index in [4.69, 9.17) is 9.84 Å². The summed E-state index contributed by atoms with van der Waals surface area (Å²) in [6.45, 7) is 0. The number of hydrogen-bond donors (Lipinski definition) is 3. The van der Waals surface area contributed by atoms with Crippen molar-refractivity contribution >= 4 is 17.7 Å². The summed E-state index contributed by atoms with van der Waals surface area (Å²) in [5, 5.41) is 14.2. The second-order valence-electron chi connectivity index (χ2n) is 7.10.